The SMILES string of the molecule is CC(Sc1n[nH]c(-c2ccccc2)n1)C(=O)NCc1cccs1. The number of hydrogen-bond donors (Lipinski definition) is 2. The zero-order valence-corrected chi connectivity index (χ0v) is 14.2. The first kappa shape index (κ1) is 15.8. The number of hydrogen-bond acceptors (Lipinski definition) is 5. The predicted molar refractivity (Wildman–Crippen MR) is 93.3 cm³/mol. The van der Waals surface area contributed by atoms with E-state index in [4.69, 9.17) is 0 Å². The maximum Gasteiger partial charge on any atom is 0.233 e. The van der Waals surface area contributed by atoms with Gasteiger partial charge >= 0.3 is 0 Å². The third-order valence-corrected chi connectivity index (χ3v) is 5.02. The summed E-state index contributed by atoms with van der Waals surface area (Å²) in [6.45, 7) is 2.41. The molecule has 3 rings (SSSR count). The Morgan fingerprint density at radius 1 is 1.30 bits per heavy atom. The molecule has 5 nitrogen and oxygen atoms in total. The van der Waals surface area contributed by atoms with Crippen LogP contribution in [-0.2, 0) is 11.3 Å². The number of thiophene rings is 1. The maximum atomic E-state index is 12.1. The fourth-order valence-corrected chi connectivity index (χ4v) is 3.36. The number of H-pyrrole nitrogens is 1. The Labute approximate surface area is 142 Å². The van der Waals surface area contributed by atoms with E-state index in [-0.39, 0.29) is 11.2 Å². The molecule has 1 aromatic carbocycles. The molecule has 0 aliphatic carbocycles. The van der Waals surface area contributed by atoms with Gasteiger partial charge in [-0.2, -0.15) is 0 Å². The lowest BCUT2D eigenvalue weighted by Gasteiger charge is -2.09. The highest BCUT2D eigenvalue weighted by atomic mass is 32.2. The molecule has 1 amide bonds. The summed E-state index contributed by atoms with van der Waals surface area (Å²) >= 11 is 2.97. The highest BCUT2D eigenvalue weighted by Crippen LogP contribution is 2.22. The van der Waals surface area contributed by atoms with Gasteiger partial charge in [0.2, 0.25) is 11.1 Å². The summed E-state index contributed by atoms with van der Waals surface area (Å²) in [5, 5.41) is 12.3. The summed E-state index contributed by atoms with van der Waals surface area (Å²) in [6.07, 6.45) is 0. The number of aromatic nitrogens is 3. The van der Waals surface area contributed by atoms with E-state index in [1.165, 1.54) is 11.8 Å². The van der Waals surface area contributed by atoms with Crippen molar-refractivity contribution in [2.75, 3.05) is 0 Å². The van der Waals surface area contributed by atoms with Crippen LogP contribution in [0, 0.1) is 0 Å². The molecule has 1 atom stereocenters. The fraction of sp³-hybridized carbons (Fsp3) is 0.188. The van der Waals surface area contributed by atoms with E-state index in [0.29, 0.717) is 17.5 Å². The highest BCUT2D eigenvalue weighted by Gasteiger charge is 2.17. The van der Waals surface area contributed by atoms with Crippen molar-refractivity contribution in [2.24, 2.45) is 0 Å². The topological polar surface area (TPSA) is 70.7 Å². The number of nitrogens with one attached hydrogen (secondary N) is 2. The van der Waals surface area contributed by atoms with Crippen molar-refractivity contribution in [3.05, 3.63) is 52.7 Å². The van der Waals surface area contributed by atoms with Crippen LogP contribution >= 0.6 is 23.1 Å². The minimum atomic E-state index is -0.255. The first-order valence-corrected chi connectivity index (χ1v) is 8.93. The van der Waals surface area contributed by atoms with Crippen LogP contribution in [0.15, 0.2) is 53.0 Å². The number of amides is 1. The van der Waals surface area contributed by atoms with Crippen molar-refractivity contribution in [3.63, 3.8) is 0 Å². The Morgan fingerprint density at radius 2 is 2.13 bits per heavy atom. The lowest BCUT2D eigenvalue weighted by molar-refractivity contribution is -0.120. The molecule has 0 saturated heterocycles. The van der Waals surface area contributed by atoms with Crippen molar-refractivity contribution >= 4 is 29.0 Å². The Bertz CT molecular complexity index is 756. The molecule has 0 aliphatic rings. The predicted octanol–water partition coefficient (Wildman–Crippen LogP) is 3.33. The molecular formula is C16H16N4OS2. The number of rotatable bonds is 6. The number of thioether (sulfide) groups is 1. The number of carbonyl (C=O) groups excluding carboxylic acids is 1. The van der Waals surface area contributed by atoms with E-state index in [1.807, 2.05) is 54.8 Å². The second-order valence-electron chi connectivity index (χ2n) is 4.89. The summed E-state index contributed by atoms with van der Waals surface area (Å²) < 4.78 is 0. The zero-order chi connectivity index (χ0) is 16.1. The summed E-state index contributed by atoms with van der Waals surface area (Å²) in [6, 6.07) is 13.8. The molecule has 7 heteroatoms. The Kier molecular flexibility index (Phi) is 5.09. The maximum absolute atomic E-state index is 12.1. The molecule has 23 heavy (non-hydrogen) atoms. The van der Waals surface area contributed by atoms with Crippen LogP contribution in [0.5, 0.6) is 0 Å². The average Bonchev–Trinajstić information content (AvgIpc) is 3.25. The van der Waals surface area contributed by atoms with Crippen LogP contribution in [0.25, 0.3) is 11.4 Å². The lowest BCUT2D eigenvalue weighted by Crippen LogP contribution is -2.30. The largest absolute Gasteiger partial charge is 0.350 e. The molecule has 0 aliphatic heterocycles. The minimum Gasteiger partial charge on any atom is -0.350 e. The number of carbonyl (C=O) groups is 1. The smallest absolute Gasteiger partial charge is 0.233 e. The van der Waals surface area contributed by atoms with Crippen molar-refractivity contribution in [1.82, 2.24) is 20.5 Å². The van der Waals surface area contributed by atoms with Crippen molar-refractivity contribution in [3.8, 4) is 11.4 Å². The standard InChI is InChI=1S/C16H16N4OS2/c1-11(15(21)17-10-13-8-5-9-22-13)23-16-18-14(19-20-16)12-6-3-2-4-7-12/h2-9,11H,10H2,1H3,(H,17,21)(H,18,19,20). The van der Waals surface area contributed by atoms with E-state index >= 15 is 0 Å². The van der Waals surface area contributed by atoms with Gasteiger partial charge in [-0.15, -0.1) is 16.4 Å². The average molecular weight is 344 g/mol. The molecule has 3 aromatic rings. The molecule has 1 unspecified atom stereocenters. The second-order valence-corrected chi connectivity index (χ2v) is 7.23. The molecule has 2 heterocycles. The zero-order valence-electron chi connectivity index (χ0n) is 12.5. The molecule has 2 N–H and O–H groups in total. The van der Waals surface area contributed by atoms with E-state index in [1.54, 1.807) is 11.3 Å². The van der Waals surface area contributed by atoms with E-state index in [9.17, 15) is 4.79 Å². The fourth-order valence-electron chi connectivity index (χ4n) is 1.97. The molecule has 0 radical (unpaired) electrons. The summed E-state index contributed by atoms with van der Waals surface area (Å²) in [5.74, 6) is 0.689. The number of benzene rings is 1. The van der Waals surface area contributed by atoms with Gasteiger partial charge in [0.05, 0.1) is 11.8 Å². The van der Waals surface area contributed by atoms with Gasteiger partial charge in [-0.25, -0.2) is 4.98 Å². The molecule has 0 bridgehead atoms. The van der Waals surface area contributed by atoms with Gasteiger partial charge in [-0.1, -0.05) is 48.2 Å². The molecule has 0 fully saturated rings. The van der Waals surface area contributed by atoms with Crippen LogP contribution in [0.1, 0.15) is 11.8 Å². The molecular weight excluding hydrogens is 328 g/mol. The normalized spacial score (nSPS) is 12.0. The second kappa shape index (κ2) is 7.43. The first-order chi connectivity index (χ1) is 11.2. The van der Waals surface area contributed by atoms with Gasteiger partial charge in [0, 0.05) is 10.4 Å². The molecule has 2 aromatic heterocycles. The Balaban J connectivity index is 1.56. The van der Waals surface area contributed by atoms with Crippen molar-refractivity contribution in [2.45, 2.75) is 23.9 Å². The van der Waals surface area contributed by atoms with Crippen LogP contribution < -0.4 is 5.32 Å². The highest BCUT2D eigenvalue weighted by molar-refractivity contribution is 8.00. The summed E-state index contributed by atoms with van der Waals surface area (Å²) in [5.41, 5.74) is 0.974. The van der Waals surface area contributed by atoms with Gasteiger partial charge < -0.3 is 5.32 Å². The van der Waals surface area contributed by atoms with Gasteiger partial charge in [-0.05, 0) is 18.4 Å². The Morgan fingerprint density at radius 3 is 2.87 bits per heavy atom. The third-order valence-electron chi connectivity index (χ3n) is 3.18. The number of aromatic amines is 1. The van der Waals surface area contributed by atoms with Crippen LogP contribution in [0.2, 0.25) is 0 Å². The molecule has 0 saturated carbocycles. The van der Waals surface area contributed by atoms with E-state index in [2.05, 4.69) is 20.5 Å². The van der Waals surface area contributed by atoms with Crippen LogP contribution in [-0.4, -0.2) is 26.3 Å². The quantitative estimate of drug-likeness (QED) is 0.673. The van der Waals surface area contributed by atoms with Gasteiger partial charge in [0.25, 0.3) is 0 Å². The van der Waals surface area contributed by atoms with Gasteiger partial charge in [0.1, 0.15) is 0 Å². The van der Waals surface area contributed by atoms with Gasteiger partial charge in [-0.3, -0.25) is 9.89 Å². The number of nitrogens with zero attached hydrogens (tertiary/aromatic N) is 2. The summed E-state index contributed by atoms with van der Waals surface area (Å²) in [7, 11) is 0. The van der Waals surface area contributed by atoms with E-state index in [0.717, 1.165) is 10.4 Å². The summed E-state index contributed by atoms with van der Waals surface area (Å²) in [4.78, 5) is 17.7. The Hall–Kier alpha value is -2.12. The van der Waals surface area contributed by atoms with Crippen LogP contribution in [0.4, 0.5) is 0 Å². The van der Waals surface area contributed by atoms with Crippen molar-refractivity contribution < 1.29 is 4.79 Å². The van der Waals surface area contributed by atoms with Gasteiger partial charge in [0.15, 0.2) is 5.82 Å². The monoisotopic (exact) mass is 344 g/mol. The molecule has 118 valence electrons. The minimum absolute atomic E-state index is 0.0190. The third kappa shape index (κ3) is 4.20. The van der Waals surface area contributed by atoms with Crippen LogP contribution in [0.3, 0.4) is 0 Å². The van der Waals surface area contributed by atoms with E-state index < -0.39 is 0 Å². The van der Waals surface area contributed by atoms with Crippen molar-refractivity contribution in [1.29, 1.82) is 0 Å². The molecule has 0 spiro atoms. The lowest BCUT2D eigenvalue weighted by atomic mass is 10.2. The first-order valence-electron chi connectivity index (χ1n) is 7.17.